The molecular weight excluding hydrogens is 448 g/mol. The number of amides is 1. The van der Waals surface area contributed by atoms with E-state index in [0.29, 0.717) is 22.2 Å². The lowest BCUT2D eigenvalue weighted by Gasteiger charge is -2.30. The number of para-hydroxylation sites is 2. The third-order valence-electron chi connectivity index (χ3n) is 7.25. The zero-order chi connectivity index (χ0) is 24.6. The molecular formula is C26H24N4O5. The first kappa shape index (κ1) is 21.7. The van der Waals surface area contributed by atoms with Crippen molar-refractivity contribution in [2.24, 2.45) is 5.92 Å². The van der Waals surface area contributed by atoms with Gasteiger partial charge in [-0.3, -0.25) is 29.2 Å². The number of anilines is 1. The standard InChI is InChI=1S/C26H24N4O5/c1-13(2)20(31)21-28-17-10-6-4-8-15(17)23(33)29(21)19-12-26(35-24(19)34)16-9-5-7-11-18(16)30-22(32)14(3)27-25(26)30/h4-11,13-14,19,25,27H,12H2,1-3H3/t14?,19-,25-,26+/m0/s1. The molecule has 0 aliphatic carbocycles. The second-order valence-electron chi connectivity index (χ2n) is 9.69. The van der Waals surface area contributed by atoms with E-state index in [0.717, 1.165) is 0 Å². The molecule has 2 fully saturated rings. The Morgan fingerprint density at radius 2 is 1.83 bits per heavy atom. The summed E-state index contributed by atoms with van der Waals surface area (Å²) in [5, 5.41) is 3.58. The van der Waals surface area contributed by atoms with Crippen molar-refractivity contribution in [3.05, 3.63) is 70.3 Å². The molecule has 1 unspecified atom stereocenters. The van der Waals surface area contributed by atoms with Gasteiger partial charge in [0.05, 0.1) is 22.6 Å². The van der Waals surface area contributed by atoms with E-state index in [1.165, 1.54) is 4.57 Å². The lowest BCUT2D eigenvalue weighted by atomic mass is 9.88. The van der Waals surface area contributed by atoms with E-state index < -0.39 is 41.3 Å². The van der Waals surface area contributed by atoms with E-state index in [-0.39, 0.29) is 23.9 Å². The predicted octanol–water partition coefficient (Wildman–Crippen LogP) is 2.28. The Morgan fingerprint density at radius 1 is 1.11 bits per heavy atom. The van der Waals surface area contributed by atoms with Crippen LogP contribution in [0, 0.1) is 5.92 Å². The van der Waals surface area contributed by atoms with E-state index in [1.54, 1.807) is 49.9 Å². The number of fused-ring (bicyclic) bond motifs is 6. The number of esters is 1. The maximum absolute atomic E-state index is 13.7. The summed E-state index contributed by atoms with van der Waals surface area (Å²) in [6, 6.07) is 12.6. The molecule has 0 radical (unpaired) electrons. The Morgan fingerprint density at radius 3 is 2.60 bits per heavy atom. The van der Waals surface area contributed by atoms with E-state index in [2.05, 4.69) is 10.3 Å². The molecule has 3 aliphatic rings. The molecule has 35 heavy (non-hydrogen) atoms. The summed E-state index contributed by atoms with van der Waals surface area (Å²) < 4.78 is 7.28. The molecule has 6 rings (SSSR count). The van der Waals surface area contributed by atoms with Gasteiger partial charge in [0.2, 0.25) is 11.7 Å². The number of ketones is 1. The molecule has 1 amide bonds. The first-order valence-electron chi connectivity index (χ1n) is 11.7. The number of rotatable bonds is 3. The number of ether oxygens (including phenoxy) is 1. The summed E-state index contributed by atoms with van der Waals surface area (Å²) in [5.74, 6) is -1.57. The van der Waals surface area contributed by atoms with Crippen LogP contribution in [0.4, 0.5) is 5.69 Å². The molecule has 1 N–H and O–H groups in total. The van der Waals surface area contributed by atoms with Gasteiger partial charge in [-0.15, -0.1) is 0 Å². The normalized spacial score (nSPS) is 27.1. The fraction of sp³-hybridized carbons (Fsp3) is 0.346. The highest BCUT2D eigenvalue weighted by Gasteiger charge is 2.64. The van der Waals surface area contributed by atoms with Crippen LogP contribution in [0.15, 0.2) is 53.3 Å². The minimum Gasteiger partial charge on any atom is -0.449 e. The van der Waals surface area contributed by atoms with E-state index in [9.17, 15) is 19.2 Å². The highest BCUT2D eigenvalue weighted by Crippen LogP contribution is 2.54. The quantitative estimate of drug-likeness (QED) is 0.460. The Hall–Kier alpha value is -3.85. The van der Waals surface area contributed by atoms with Crippen molar-refractivity contribution >= 4 is 34.3 Å². The number of nitrogens with one attached hydrogen (secondary N) is 1. The smallest absolute Gasteiger partial charge is 0.330 e. The Kier molecular flexibility index (Phi) is 4.53. The number of Topliss-reactive ketones (excluding diaryl/α,β-unsaturated/α-hetero) is 1. The van der Waals surface area contributed by atoms with Crippen LogP contribution >= 0.6 is 0 Å². The van der Waals surface area contributed by atoms with Crippen molar-refractivity contribution in [1.29, 1.82) is 0 Å². The summed E-state index contributed by atoms with van der Waals surface area (Å²) in [7, 11) is 0. The van der Waals surface area contributed by atoms with Gasteiger partial charge in [0.25, 0.3) is 5.56 Å². The number of aromatic nitrogens is 2. The van der Waals surface area contributed by atoms with Gasteiger partial charge in [-0.25, -0.2) is 9.78 Å². The van der Waals surface area contributed by atoms with E-state index in [1.807, 2.05) is 24.3 Å². The van der Waals surface area contributed by atoms with Crippen LogP contribution in [0.1, 0.15) is 49.4 Å². The van der Waals surface area contributed by atoms with E-state index >= 15 is 0 Å². The van der Waals surface area contributed by atoms with Gasteiger partial charge in [0, 0.05) is 17.9 Å². The molecule has 2 aromatic carbocycles. The molecule has 1 spiro atoms. The Labute approximate surface area is 200 Å². The molecule has 4 atom stereocenters. The summed E-state index contributed by atoms with van der Waals surface area (Å²) in [6.45, 7) is 5.22. The summed E-state index contributed by atoms with van der Waals surface area (Å²) in [5.41, 5.74) is 0.114. The second-order valence-corrected chi connectivity index (χ2v) is 9.69. The molecule has 0 saturated carbocycles. The van der Waals surface area contributed by atoms with Crippen LogP contribution in [0.2, 0.25) is 0 Å². The molecule has 3 aromatic rings. The maximum Gasteiger partial charge on any atom is 0.330 e. The molecule has 2 saturated heterocycles. The van der Waals surface area contributed by atoms with Crippen LogP contribution in [-0.2, 0) is 19.9 Å². The molecule has 0 bridgehead atoms. The first-order chi connectivity index (χ1) is 16.7. The summed E-state index contributed by atoms with van der Waals surface area (Å²) >= 11 is 0. The van der Waals surface area contributed by atoms with Crippen molar-refractivity contribution < 1.29 is 19.1 Å². The predicted molar refractivity (Wildman–Crippen MR) is 127 cm³/mol. The summed E-state index contributed by atoms with van der Waals surface area (Å²) in [4.78, 5) is 59.4. The fourth-order valence-electron chi connectivity index (χ4n) is 5.56. The zero-order valence-corrected chi connectivity index (χ0v) is 19.5. The minimum atomic E-state index is -1.19. The first-order valence-corrected chi connectivity index (χ1v) is 11.7. The lowest BCUT2D eigenvalue weighted by molar-refractivity contribution is -0.152. The lowest BCUT2D eigenvalue weighted by Crippen LogP contribution is -2.49. The van der Waals surface area contributed by atoms with Gasteiger partial charge >= 0.3 is 5.97 Å². The van der Waals surface area contributed by atoms with Gasteiger partial charge in [-0.2, -0.15) is 0 Å². The van der Waals surface area contributed by atoms with Crippen LogP contribution in [-0.4, -0.2) is 39.4 Å². The van der Waals surface area contributed by atoms with Gasteiger partial charge < -0.3 is 4.74 Å². The van der Waals surface area contributed by atoms with Crippen molar-refractivity contribution in [2.45, 2.75) is 51.0 Å². The van der Waals surface area contributed by atoms with Gasteiger partial charge in [-0.1, -0.05) is 44.2 Å². The van der Waals surface area contributed by atoms with Crippen LogP contribution < -0.4 is 15.8 Å². The minimum absolute atomic E-state index is 0.0605. The molecule has 178 valence electrons. The third-order valence-corrected chi connectivity index (χ3v) is 7.25. The van der Waals surface area contributed by atoms with Crippen molar-refractivity contribution in [3.8, 4) is 0 Å². The van der Waals surface area contributed by atoms with Crippen LogP contribution in [0.25, 0.3) is 10.9 Å². The van der Waals surface area contributed by atoms with Crippen molar-refractivity contribution in [2.75, 3.05) is 4.90 Å². The number of benzene rings is 2. The van der Waals surface area contributed by atoms with Crippen LogP contribution in [0.5, 0.6) is 0 Å². The van der Waals surface area contributed by atoms with Gasteiger partial charge in [0.1, 0.15) is 12.2 Å². The zero-order valence-electron chi connectivity index (χ0n) is 19.5. The molecule has 9 heteroatoms. The number of hydrogen-bond donors (Lipinski definition) is 1. The number of nitrogens with zero attached hydrogens (tertiary/aromatic N) is 3. The number of hydrogen-bond acceptors (Lipinski definition) is 7. The van der Waals surface area contributed by atoms with Gasteiger partial charge in [-0.05, 0) is 25.1 Å². The van der Waals surface area contributed by atoms with E-state index in [4.69, 9.17) is 4.74 Å². The summed E-state index contributed by atoms with van der Waals surface area (Å²) in [6.07, 6.45) is -0.528. The molecule has 4 heterocycles. The highest BCUT2D eigenvalue weighted by atomic mass is 16.6. The third kappa shape index (κ3) is 2.81. The Balaban J connectivity index is 1.55. The van der Waals surface area contributed by atoms with Crippen molar-refractivity contribution in [1.82, 2.24) is 14.9 Å². The average molecular weight is 473 g/mol. The highest BCUT2D eigenvalue weighted by molar-refractivity contribution is 6.03. The molecule has 3 aliphatic heterocycles. The fourth-order valence-corrected chi connectivity index (χ4v) is 5.56. The van der Waals surface area contributed by atoms with Crippen molar-refractivity contribution in [3.63, 3.8) is 0 Å². The largest absolute Gasteiger partial charge is 0.449 e. The molecule has 1 aromatic heterocycles. The maximum atomic E-state index is 13.7. The van der Waals surface area contributed by atoms with Gasteiger partial charge in [0.15, 0.2) is 11.4 Å². The second kappa shape index (κ2) is 7.32. The average Bonchev–Trinajstić information content (AvgIpc) is 3.44. The number of carbonyl (C=O) groups is 3. The molecule has 9 nitrogen and oxygen atoms in total. The SMILES string of the molecule is CC(C)C(=O)c1nc2ccccc2c(=O)n1[C@H]1C[C@@]2(OC1=O)c1ccccc1N1C(=O)C(C)N[C@@H]12. The van der Waals surface area contributed by atoms with Crippen LogP contribution in [0.3, 0.4) is 0 Å². The number of carbonyl (C=O) groups excluding carboxylic acids is 3. The monoisotopic (exact) mass is 472 g/mol. The Bertz CT molecular complexity index is 1490. The topological polar surface area (TPSA) is 111 Å².